The van der Waals surface area contributed by atoms with E-state index in [1.807, 2.05) is 55.5 Å². The van der Waals surface area contributed by atoms with Crippen molar-refractivity contribution >= 4 is 34.8 Å². The Morgan fingerprint density at radius 2 is 1.42 bits per heavy atom. The Hall–Kier alpha value is -1.74. The average molecular weight is 379 g/mol. The minimum Gasteiger partial charge on any atom is -0.494 e. The topological polar surface area (TPSA) is 22.1 Å². The van der Waals surface area contributed by atoms with Gasteiger partial charge in [-0.05, 0) is 37.3 Å². The standard InChI is InChI=1S/C19H14Cl3NO/c1-2-24-17-10-18(12-4-3-5-14(20)6-12)23-19(11-17)13-7-15(21)9-16(22)8-13/h3-11H,2H2,1H3. The summed E-state index contributed by atoms with van der Waals surface area (Å²) in [5.41, 5.74) is 3.26. The molecular weight excluding hydrogens is 365 g/mol. The quantitative estimate of drug-likeness (QED) is 0.499. The van der Waals surface area contributed by atoms with Crippen molar-refractivity contribution in [2.75, 3.05) is 6.61 Å². The van der Waals surface area contributed by atoms with Crippen LogP contribution in [-0.4, -0.2) is 11.6 Å². The number of benzene rings is 2. The van der Waals surface area contributed by atoms with Crippen LogP contribution < -0.4 is 4.74 Å². The van der Waals surface area contributed by atoms with Gasteiger partial charge in [0, 0.05) is 38.3 Å². The molecule has 3 rings (SSSR count). The van der Waals surface area contributed by atoms with Gasteiger partial charge in [0.25, 0.3) is 0 Å². The lowest BCUT2D eigenvalue weighted by atomic mass is 10.1. The third-order valence-electron chi connectivity index (χ3n) is 3.39. The molecule has 0 radical (unpaired) electrons. The fraction of sp³-hybridized carbons (Fsp3) is 0.105. The first-order valence-electron chi connectivity index (χ1n) is 7.42. The van der Waals surface area contributed by atoms with Crippen molar-refractivity contribution in [3.05, 3.63) is 69.7 Å². The van der Waals surface area contributed by atoms with Crippen molar-refractivity contribution in [2.24, 2.45) is 0 Å². The molecule has 5 heteroatoms. The lowest BCUT2D eigenvalue weighted by Gasteiger charge is -2.11. The second-order valence-corrected chi connectivity index (χ2v) is 6.48. The fourth-order valence-corrected chi connectivity index (χ4v) is 3.12. The maximum atomic E-state index is 6.12. The summed E-state index contributed by atoms with van der Waals surface area (Å²) >= 11 is 18.3. The van der Waals surface area contributed by atoms with Gasteiger partial charge in [-0.1, -0.05) is 46.9 Å². The molecule has 0 spiro atoms. The summed E-state index contributed by atoms with van der Waals surface area (Å²) in [6, 6.07) is 16.7. The summed E-state index contributed by atoms with van der Waals surface area (Å²) in [6.07, 6.45) is 0. The van der Waals surface area contributed by atoms with Crippen molar-refractivity contribution in [3.8, 4) is 28.3 Å². The molecule has 0 saturated carbocycles. The molecule has 0 aliphatic carbocycles. The number of rotatable bonds is 4. The van der Waals surface area contributed by atoms with E-state index in [1.165, 1.54) is 0 Å². The normalized spacial score (nSPS) is 10.7. The molecule has 1 aromatic heterocycles. The van der Waals surface area contributed by atoms with E-state index < -0.39 is 0 Å². The number of halogens is 3. The first kappa shape index (κ1) is 17.1. The van der Waals surface area contributed by atoms with Crippen LogP contribution in [0.4, 0.5) is 0 Å². The number of hydrogen-bond donors (Lipinski definition) is 0. The van der Waals surface area contributed by atoms with Crippen molar-refractivity contribution in [3.63, 3.8) is 0 Å². The van der Waals surface area contributed by atoms with Gasteiger partial charge in [0.1, 0.15) is 5.75 Å². The molecule has 0 saturated heterocycles. The molecule has 0 amide bonds. The highest BCUT2D eigenvalue weighted by Crippen LogP contribution is 2.32. The Balaban J connectivity index is 2.15. The van der Waals surface area contributed by atoms with Crippen LogP contribution in [0.15, 0.2) is 54.6 Å². The molecule has 24 heavy (non-hydrogen) atoms. The van der Waals surface area contributed by atoms with Crippen LogP contribution in [-0.2, 0) is 0 Å². The number of hydrogen-bond acceptors (Lipinski definition) is 2. The zero-order valence-corrected chi connectivity index (χ0v) is 15.2. The summed E-state index contributed by atoms with van der Waals surface area (Å²) in [5.74, 6) is 0.730. The van der Waals surface area contributed by atoms with E-state index in [9.17, 15) is 0 Å². The van der Waals surface area contributed by atoms with E-state index in [-0.39, 0.29) is 0 Å². The van der Waals surface area contributed by atoms with E-state index in [1.54, 1.807) is 6.07 Å². The molecule has 0 bridgehead atoms. The summed E-state index contributed by atoms with van der Waals surface area (Å²) in [5, 5.41) is 1.78. The molecule has 1 heterocycles. The molecule has 0 atom stereocenters. The van der Waals surface area contributed by atoms with Crippen LogP contribution in [0.5, 0.6) is 5.75 Å². The SMILES string of the molecule is CCOc1cc(-c2cccc(Cl)c2)nc(-c2cc(Cl)cc(Cl)c2)c1. The lowest BCUT2D eigenvalue weighted by molar-refractivity contribution is 0.340. The third kappa shape index (κ3) is 4.02. The maximum absolute atomic E-state index is 6.12. The summed E-state index contributed by atoms with van der Waals surface area (Å²) in [7, 11) is 0. The van der Waals surface area contributed by atoms with Gasteiger partial charge in [-0.25, -0.2) is 4.98 Å². The van der Waals surface area contributed by atoms with Crippen molar-refractivity contribution in [1.82, 2.24) is 4.98 Å². The predicted octanol–water partition coefficient (Wildman–Crippen LogP) is 6.77. The van der Waals surface area contributed by atoms with Gasteiger partial charge < -0.3 is 4.74 Å². The van der Waals surface area contributed by atoms with E-state index in [0.29, 0.717) is 21.7 Å². The molecular formula is C19H14Cl3NO. The van der Waals surface area contributed by atoms with Crippen molar-refractivity contribution in [2.45, 2.75) is 6.92 Å². The smallest absolute Gasteiger partial charge is 0.123 e. The van der Waals surface area contributed by atoms with Crippen LogP contribution in [0.3, 0.4) is 0 Å². The largest absolute Gasteiger partial charge is 0.494 e. The first-order chi connectivity index (χ1) is 11.5. The highest BCUT2D eigenvalue weighted by Gasteiger charge is 2.10. The Bertz CT molecular complexity index is 860. The number of aromatic nitrogens is 1. The molecule has 0 aliphatic heterocycles. The van der Waals surface area contributed by atoms with Gasteiger partial charge in [-0.3, -0.25) is 0 Å². The maximum Gasteiger partial charge on any atom is 0.123 e. The van der Waals surface area contributed by atoms with Crippen LogP contribution in [0.1, 0.15) is 6.92 Å². The monoisotopic (exact) mass is 377 g/mol. The zero-order chi connectivity index (χ0) is 17.1. The summed E-state index contributed by atoms with van der Waals surface area (Å²) in [4.78, 5) is 4.72. The molecule has 0 unspecified atom stereocenters. The van der Waals surface area contributed by atoms with Crippen LogP contribution in [0.25, 0.3) is 22.5 Å². The van der Waals surface area contributed by atoms with E-state index in [0.717, 1.165) is 28.3 Å². The Kier molecular flexibility index (Phi) is 5.30. The van der Waals surface area contributed by atoms with Crippen LogP contribution in [0.2, 0.25) is 15.1 Å². The first-order valence-corrected chi connectivity index (χ1v) is 8.56. The third-order valence-corrected chi connectivity index (χ3v) is 4.06. The molecule has 122 valence electrons. The highest BCUT2D eigenvalue weighted by atomic mass is 35.5. The average Bonchev–Trinajstić information content (AvgIpc) is 2.54. The Morgan fingerprint density at radius 3 is 2.04 bits per heavy atom. The number of ether oxygens (including phenoxy) is 1. The zero-order valence-electron chi connectivity index (χ0n) is 12.9. The van der Waals surface area contributed by atoms with Crippen molar-refractivity contribution < 1.29 is 4.74 Å². The van der Waals surface area contributed by atoms with E-state index in [4.69, 9.17) is 44.5 Å². The van der Waals surface area contributed by atoms with Gasteiger partial charge in [0.05, 0.1) is 18.0 Å². The molecule has 2 nitrogen and oxygen atoms in total. The summed E-state index contributed by atoms with van der Waals surface area (Å²) < 4.78 is 5.68. The highest BCUT2D eigenvalue weighted by molar-refractivity contribution is 6.35. The van der Waals surface area contributed by atoms with Gasteiger partial charge in [-0.15, -0.1) is 0 Å². The van der Waals surface area contributed by atoms with Gasteiger partial charge in [-0.2, -0.15) is 0 Å². The molecule has 2 aromatic carbocycles. The Morgan fingerprint density at radius 1 is 0.792 bits per heavy atom. The van der Waals surface area contributed by atoms with E-state index in [2.05, 4.69) is 0 Å². The lowest BCUT2D eigenvalue weighted by Crippen LogP contribution is -1.95. The molecule has 0 fully saturated rings. The number of pyridine rings is 1. The van der Waals surface area contributed by atoms with Crippen molar-refractivity contribution in [1.29, 1.82) is 0 Å². The second kappa shape index (κ2) is 7.43. The van der Waals surface area contributed by atoms with Crippen LogP contribution >= 0.6 is 34.8 Å². The van der Waals surface area contributed by atoms with Gasteiger partial charge in [0.15, 0.2) is 0 Å². The fourth-order valence-electron chi connectivity index (χ4n) is 2.40. The van der Waals surface area contributed by atoms with E-state index >= 15 is 0 Å². The predicted molar refractivity (Wildman–Crippen MR) is 101 cm³/mol. The number of nitrogens with zero attached hydrogens (tertiary/aromatic N) is 1. The summed E-state index contributed by atoms with van der Waals surface area (Å²) in [6.45, 7) is 2.50. The Labute approximate surface area is 156 Å². The van der Waals surface area contributed by atoms with Crippen LogP contribution in [0, 0.1) is 0 Å². The second-order valence-electron chi connectivity index (χ2n) is 5.17. The molecule has 3 aromatic rings. The molecule has 0 aliphatic rings. The molecule has 0 N–H and O–H groups in total. The minimum atomic E-state index is 0.561. The van der Waals surface area contributed by atoms with Gasteiger partial charge in [0.2, 0.25) is 0 Å². The minimum absolute atomic E-state index is 0.561. The van der Waals surface area contributed by atoms with Gasteiger partial charge >= 0.3 is 0 Å².